The quantitative estimate of drug-likeness (QED) is 0.202. The average Bonchev–Trinajstić information content (AvgIpc) is 2.86. The Bertz CT molecular complexity index is 1080. The van der Waals surface area contributed by atoms with Crippen LogP contribution in [0.5, 0.6) is 0 Å². The lowest BCUT2D eigenvalue weighted by Crippen LogP contribution is -2.29. The summed E-state index contributed by atoms with van der Waals surface area (Å²) in [6.07, 6.45) is 10.3. The highest BCUT2D eigenvalue weighted by atomic mass is 16.4. The zero-order valence-corrected chi connectivity index (χ0v) is 24.2. The Hall–Kier alpha value is -2.47. The molecule has 0 radical (unpaired) electrons. The van der Waals surface area contributed by atoms with E-state index in [1.54, 1.807) is 19.1 Å². The van der Waals surface area contributed by atoms with E-state index in [0.717, 1.165) is 23.1 Å². The largest absolute Gasteiger partial charge is 0.427 e. The highest BCUT2D eigenvalue weighted by molar-refractivity contribution is 5.25. The van der Waals surface area contributed by atoms with Crippen molar-refractivity contribution in [3.63, 3.8) is 0 Å². The van der Waals surface area contributed by atoms with E-state index >= 15 is 0 Å². The maximum absolute atomic E-state index is 11.8. The van der Waals surface area contributed by atoms with E-state index in [2.05, 4.69) is 26.0 Å². The van der Waals surface area contributed by atoms with Gasteiger partial charge in [-0.15, -0.1) is 0 Å². The second-order valence-corrected chi connectivity index (χ2v) is 10.5. The van der Waals surface area contributed by atoms with Gasteiger partial charge in [0, 0.05) is 17.4 Å². The van der Waals surface area contributed by atoms with Gasteiger partial charge in [0.05, 0.1) is 18.3 Å². The first kappa shape index (κ1) is 32.6. The highest BCUT2D eigenvalue weighted by Gasteiger charge is 2.22. The Kier molecular flexibility index (Phi) is 13.8. The zero-order valence-electron chi connectivity index (χ0n) is 24.2. The summed E-state index contributed by atoms with van der Waals surface area (Å²) in [5.74, 6) is -0.0618. The molecule has 3 N–H and O–H groups in total. The SMILES string of the molecule is CC=C(C)[C@@H](O)[C@H](C)[C@H](O)CC=C(C)C=C(C)CC(C)=CCC=C(C)[C@@H](O)[C@@H](C)c1ccc(C)c(=O)o1. The van der Waals surface area contributed by atoms with Gasteiger partial charge in [-0.25, -0.2) is 4.79 Å². The van der Waals surface area contributed by atoms with Crippen molar-refractivity contribution in [2.45, 2.75) is 106 Å². The molecule has 0 unspecified atom stereocenters. The van der Waals surface area contributed by atoms with Crippen LogP contribution in [0.4, 0.5) is 0 Å². The Morgan fingerprint density at radius 3 is 2.16 bits per heavy atom. The lowest BCUT2D eigenvalue weighted by atomic mass is 9.91. The van der Waals surface area contributed by atoms with Gasteiger partial charge in [0.2, 0.25) is 0 Å². The molecule has 5 nitrogen and oxygen atoms in total. The van der Waals surface area contributed by atoms with E-state index in [-0.39, 0.29) is 17.5 Å². The van der Waals surface area contributed by atoms with Crippen molar-refractivity contribution < 1.29 is 19.7 Å². The van der Waals surface area contributed by atoms with Gasteiger partial charge in [0.1, 0.15) is 5.76 Å². The first-order chi connectivity index (χ1) is 17.3. The molecular formula is C32H48O5. The maximum Gasteiger partial charge on any atom is 0.338 e. The number of rotatable bonds is 13. The number of allylic oxidation sites excluding steroid dienone is 7. The van der Waals surface area contributed by atoms with Crippen LogP contribution in [0.25, 0.3) is 0 Å². The van der Waals surface area contributed by atoms with Crippen LogP contribution >= 0.6 is 0 Å². The molecule has 0 bridgehead atoms. The monoisotopic (exact) mass is 512 g/mol. The van der Waals surface area contributed by atoms with Gasteiger partial charge < -0.3 is 19.7 Å². The molecule has 0 spiro atoms. The minimum Gasteiger partial charge on any atom is -0.427 e. The standard InChI is InChI=1S/C32H48O5/c1-10-23(5)30(34)26(8)28(33)16-14-21(3)19-22(4)18-20(2)12-11-13-24(6)31(35)27(9)29-17-15-25(7)32(36)37-29/h10,12-15,17,19,26-28,30-31,33-35H,11,16,18H2,1-9H3/t26-,27+,28-,30-,31-/m1/s1. The van der Waals surface area contributed by atoms with Crippen LogP contribution in [-0.2, 0) is 0 Å². The Balaban J connectivity index is 2.68. The summed E-state index contributed by atoms with van der Waals surface area (Å²) in [4.78, 5) is 11.8. The lowest BCUT2D eigenvalue weighted by Gasteiger charge is -2.24. The summed E-state index contributed by atoms with van der Waals surface area (Å²) < 4.78 is 5.33. The molecule has 0 aliphatic heterocycles. The summed E-state index contributed by atoms with van der Waals surface area (Å²) in [6.45, 7) is 17.3. The van der Waals surface area contributed by atoms with Gasteiger partial charge in [0.15, 0.2) is 0 Å². The van der Waals surface area contributed by atoms with Crippen LogP contribution in [0.2, 0.25) is 0 Å². The molecule has 5 heteroatoms. The number of aliphatic hydroxyl groups excluding tert-OH is 3. The molecule has 1 aromatic heterocycles. The van der Waals surface area contributed by atoms with E-state index in [0.29, 0.717) is 24.2 Å². The average molecular weight is 513 g/mol. The third-order valence-electron chi connectivity index (χ3n) is 7.07. The highest BCUT2D eigenvalue weighted by Crippen LogP contribution is 2.24. The lowest BCUT2D eigenvalue weighted by molar-refractivity contribution is 0.0415. The molecule has 0 amide bonds. The number of hydrogen-bond acceptors (Lipinski definition) is 5. The Labute approximate surface area is 223 Å². The fourth-order valence-electron chi connectivity index (χ4n) is 4.19. The molecule has 206 valence electrons. The molecule has 0 aliphatic rings. The van der Waals surface area contributed by atoms with Crippen LogP contribution in [-0.4, -0.2) is 33.6 Å². The maximum atomic E-state index is 11.8. The van der Waals surface area contributed by atoms with Crippen molar-refractivity contribution in [2.75, 3.05) is 0 Å². The van der Waals surface area contributed by atoms with Crippen molar-refractivity contribution >= 4 is 0 Å². The predicted molar refractivity (Wildman–Crippen MR) is 154 cm³/mol. The van der Waals surface area contributed by atoms with Crippen LogP contribution in [0, 0.1) is 12.8 Å². The van der Waals surface area contributed by atoms with Crippen LogP contribution < -0.4 is 5.63 Å². The topological polar surface area (TPSA) is 90.9 Å². The molecule has 1 rings (SSSR count). The fourth-order valence-corrected chi connectivity index (χ4v) is 4.19. The van der Waals surface area contributed by atoms with Crippen molar-refractivity contribution in [3.05, 3.63) is 92.1 Å². The van der Waals surface area contributed by atoms with Crippen molar-refractivity contribution in [3.8, 4) is 0 Å². The van der Waals surface area contributed by atoms with E-state index in [1.807, 2.05) is 59.8 Å². The van der Waals surface area contributed by atoms with Gasteiger partial charge in [-0.2, -0.15) is 0 Å². The molecule has 0 aliphatic carbocycles. The fraction of sp³-hybridized carbons (Fsp3) is 0.531. The third kappa shape index (κ3) is 10.8. The molecule has 0 saturated heterocycles. The van der Waals surface area contributed by atoms with Crippen molar-refractivity contribution in [1.29, 1.82) is 0 Å². The number of aryl methyl sites for hydroxylation is 1. The van der Waals surface area contributed by atoms with Crippen LogP contribution in [0.1, 0.15) is 91.9 Å². The molecule has 37 heavy (non-hydrogen) atoms. The van der Waals surface area contributed by atoms with E-state index in [9.17, 15) is 20.1 Å². The van der Waals surface area contributed by atoms with Gasteiger partial charge in [-0.05, 0) is 91.0 Å². The van der Waals surface area contributed by atoms with Crippen molar-refractivity contribution in [1.82, 2.24) is 0 Å². The normalized spacial score (nSPS) is 18.4. The summed E-state index contributed by atoms with van der Waals surface area (Å²) in [6, 6.07) is 3.48. The number of hydrogen-bond donors (Lipinski definition) is 3. The zero-order chi connectivity index (χ0) is 28.3. The summed E-state index contributed by atoms with van der Waals surface area (Å²) >= 11 is 0. The Morgan fingerprint density at radius 2 is 1.57 bits per heavy atom. The summed E-state index contributed by atoms with van der Waals surface area (Å²) in [7, 11) is 0. The van der Waals surface area contributed by atoms with E-state index in [4.69, 9.17) is 4.42 Å². The van der Waals surface area contributed by atoms with Crippen LogP contribution in [0.3, 0.4) is 0 Å². The Morgan fingerprint density at radius 1 is 0.919 bits per heavy atom. The molecule has 0 aromatic carbocycles. The summed E-state index contributed by atoms with van der Waals surface area (Å²) in [5, 5.41) is 31.5. The second kappa shape index (κ2) is 15.7. The first-order valence-electron chi connectivity index (χ1n) is 13.2. The second-order valence-electron chi connectivity index (χ2n) is 10.5. The number of aliphatic hydroxyl groups is 3. The molecule has 5 atom stereocenters. The molecule has 0 fully saturated rings. The van der Waals surface area contributed by atoms with Gasteiger partial charge >= 0.3 is 5.63 Å². The van der Waals surface area contributed by atoms with Crippen LogP contribution in [0.15, 0.2) is 79.6 Å². The predicted octanol–water partition coefficient (Wildman–Crippen LogP) is 6.69. The van der Waals surface area contributed by atoms with Gasteiger partial charge in [-0.3, -0.25) is 0 Å². The molecule has 1 heterocycles. The molecular weight excluding hydrogens is 464 g/mol. The molecule has 0 saturated carbocycles. The van der Waals surface area contributed by atoms with Gasteiger partial charge in [-0.1, -0.05) is 60.9 Å². The smallest absolute Gasteiger partial charge is 0.338 e. The first-order valence-corrected chi connectivity index (χ1v) is 13.2. The van der Waals surface area contributed by atoms with E-state index < -0.39 is 18.3 Å². The molecule has 1 aromatic rings. The van der Waals surface area contributed by atoms with E-state index in [1.165, 1.54) is 11.1 Å². The third-order valence-corrected chi connectivity index (χ3v) is 7.07. The minimum absolute atomic E-state index is 0.232. The van der Waals surface area contributed by atoms with Gasteiger partial charge in [0.25, 0.3) is 0 Å². The van der Waals surface area contributed by atoms with Crippen molar-refractivity contribution in [2.24, 2.45) is 5.92 Å². The minimum atomic E-state index is -0.727. The summed E-state index contributed by atoms with van der Waals surface area (Å²) in [5.41, 5.74) is 5.44.